The normalized spacial score (nSPS) is 11.9. The minimum absolute atomic E-state index is 0.401. The van der Waals surface area contributed by atoms with Crippen molar-refractivity contribution >= 4 is 18.1 Å². The van der Waals surface area contributed by atoms with Crippen LogP contribution in [0.25, 0.3) is 28.0 Å². The molecule has 0 aromatic heterocycles. The number of aryl methyl sites for hydroxylation is 1. The first-order chi connectivity index (χ1) is 20.1. The summed E-state index contributed by atoms with van der Waals surface area (Å²) in [5, 5.41) is 10.3. The molecule has 3 nitrogen and oxygen atoms in total. The summed E-state index contributed by atoms with van der Waals surface area (Å²) in [6.45, 7) is 8.53. The highest BCUT2D eigenvalue weighted by Crippen LogP contribution is 2.33. The van der Waals surface area contributed by atoms with Gasteiger partial charge in [-0.15, -0.1) is 0 Å². The summed E-state index contributed by atoms with van der Waals surface area (Å²) in [4.78, 5) is 9.21. The molecule has 0 aliphatic heterocycles. The monoisotopic (exact) mass is 529 g/mol. The van der Waals surface area contributed by atoms with Crippen molar-refractivity contribution in [3.05, 3.63) is 161 Å². The lowest BCUT2D eigenvalue weighted by Crippen LogP contribution is -2.07. The van der Waals surface area contributed by atoms with Crippen LogP contribution in [0.15, 0.2) is 143 Å². The molecule has 5 aromatic carbocycles. The summed E-state index contributed by atoms with van der Waals surface area (Å²) in [5.74, 6) is 0. The van der Waals surface area contributed by atoms with Gasteiger partial charge in [-0.2, -0.15) is 5.26 Å². The second-order valence-corrected chi connectivity index (χ2v) is 9.88. The molecule has 0 saturated carbocycles. The molecule has 5 aromatic rings. The summed E-state index contributed by atoms with van der Waals surface area (Å²) in [6.07, 6.45) is 0. The van der Waals surface area contributed by atoms with Crippen LogP contribution in [-0.2, 0) is 6.54 Å². The van der Waals surface area contributed by atoms with Gasteiger partial charge in [0.1, 0.15) is 11.6 Å². The topological polar surface area (TPSA) is 48.5 Å². The lowest BCUT2D eigenvalue weighted by molar-refractivity contribution is 1.07. The smallest absolute Gasteiger partial charge is 0.104 e. The van der Waals surface area contributed by atoms with Crippen molar-refractivity contribution in [2.45, 2.75) is 20.4 Å². The highest BCUT2D eigenvalue weighted by molar-refractivity contribution is 6.19. The third kappa shape index (κ3) is 5.98. The van der Waals surface area contributed by atoms with Gasteiger partial charge in [-0.05, 0) is 59.5 Å². The quantitative estimate of drug-likeness (QED) is 0.146. The maximum atomic E-state index is 10.3. The molecule has 0 saturated heterocycles. The summed E-state index contributed by atoms with van der Waals surface area (Å²) in [5.41, 5.74) is 11.7. The Balaban J connectivity index is 1.49. The van der Waals surface area contributed by atoms with Gasteiger partial charge in [0.15, 0.2) is 0 Å². The molecule has 0 amide bonds. The van der Waals surface area contributed by atoms with E-state index in [1.165, 1.54) is 27.8 Å². The zero-order chi connectivity index (χ0) is 28.6. The van der Waals surface area contributed by atoms with Crippen LogP contribution < -0.4 is 0 Å². The van der Waals surface area contributed by atoms with Gasteiger partial charge in [0.2, 0.25) is 0 Å². The highest BCUT2D eigenvalue weighted by Gasteiger charge is 2.16. The van der Waals surface area contributed by atoms with Crippen LogP contribution in [0.3, 0.4) is 0 Å². The summed E-state index contributed by atoms with van der Waals surface area (Å²) < 4.78 is 0. The predicted octanol–water partition coefficient (Wildman–Crippen LogP) is 9.26. The second kappa shape index (κ2) is 12.7. The zero-order valence-corrected chi connectivity index (χ0v) is 23.4. The number of hydrogen-bond acceptors (Lipinski definition) is 3. The van der Waals surface area contributed by atoms with Gasteiger partial charge in [0.05, 0.1) is 18.0 Å². The minimum Gasteiger partial charge on any atom is -0.279 e. The van der Waals surface area contributed by atoms with Gasteiger partial charge in [-0.3, -0.25) is 9.98 Å². The van der Waals surface area contributed by atoms with E-state index in [2.05, 4.69) is 98.4 Å². The number of aliphatic imine (C=N–C) groups is 2. The molecule has 0 bridgehead atoms. The van der Waals surface area contributed by atoms with E-state index in [0.717, 1.165) is 22.3 Å². The maximum Gasteiger partial charge on any atom is 0.104 e. The van der Waals surface area contributed by atoms with Crippen molar-refractivity contribution in [1.82, 2.24) is 0 Å². The lowest BCUT2D eigenvalue weighted by atomic mass is 9.91. The molecule has 198 valence electrons. The number of nitrogens with zero attached hydrogens (tertiary/aromatic N) is 3. The van der Waals surface area contributed by atoms with E-state index >= 15 is 0 Å². The molecule has 3 heteroatoms. The molecule has 0 heterocycles. The Morgan fingerprint density at radius 2 is 1.24 bits per heavy atom. The van der Waals surface area contributed by atoms with E-state index in [9.17, 15) is 5.26 Å². The molecule has 0 aliphatic carbocycles. The van der Waals surface area contributed by atoms with E-state index in [1.807, 2.05) is 60.7 Å². The van der Waals surface area contributed by atoms with E-state index in [4.69, 9.17) is 4.99 Å². The van der Waals surface area contributed by atoms with Gasteiger partial charge in [-0.1, -0.05) is 127 Å². The lowest BCUT2D eigenvalue weighted by Gasteiger charge is -2.14. The van der Waals surface area contributed by atoms with Crippen LogP contribution in [0, 0.1) is 25.2 Å². The van der Waals surface area contributed by atoms with Crippen molar-refractivity contribution in [3.63, 3.8) is 0 Å². The molecule has 41 heavy (non-hydrogen) atoms. The molecule has 0 spiro atoms. The molecule has 0 aliphatic rings. The van der Waals surface area contributed by atoms with E-state index in [-0.39, 0.29) is 0 Å². The summed E-state index contributed by atoms with van der Waals surface area (Å²) in [6, 6.07) is 45.3. The van der Waals surface area contributed by atoms with Crippen LogP contribution in [-0.4, -0.2) is 12.4 Å². The molecular formula is C38H31N3. The minimum atomic E-state index is 0.401. The Kier molecular flexibility index (Phi) is 8.43. The Morgan fingerprint density at radius 3 is 1.88 bits per heavy atom. The number of benzene rings is 5. The molecule has 0 radical (unpaired) electrons. The Hall–Kier alpha value is -5.33. The fourth-order valence-electron chi connectivity index (χ4n) is 5.11. The zero-order valence-electron chi connectivity index (χ0n) is 23.4. The van der Waals surface area contributed by atoms with Crippen molar-refractivity contribution < 1.29 is 0 Å². The van der Waals surface area contributed by atoms with Crippen LogP contribution in [0.5, 0.6) is 0 Å². The molecule has 0 fully saturated rings. The molecular weight excluding hydrogens is 498 g/mol. The first kappa shape index (κ1) is 27.2. The van der Waals surface area contributed by atoms with Crippen molar-refractivity contribution in [2.24, 2.45) is 9.98 Å². The third-order valence-electron chi connectivity index (χ3n) is 7.29. The molecule has 5 rings (SSSR count). The number of nitriles is 1. The standard InChI is InChI=1S/C38H31N3/c1-27-13-10-11-18-33(27)35-20-12-19-34(28(35)2)30-23-21-29(22-24-30)26-41-38(32-16-8-5-9-17-32)36(25-39)37(40-3)31-14-6-4-7-15-31/h4-24H,3,26H2,1-2H3/b37-36-,41-38-. The Morgan fingerprint density at radius 1 is 0.659 bits per heavy atom. The Labute approximate surface area is 242 Å². The fourth-order valence-corrected chi connectivity index (χ4v) is 5.11. The van der Waals surface area contributed by atoms with Gasteiger partial charge < -0.3 is 0 Å². The first-order valence-corrected chi connectivity index (χ1v) is 13.6. The van der Waals surface area contributed by atoms with Gasteiger partial charge >= 0.3 is 0 Å². The van der Waals surface area contributed by atoms with Gasteiger partial charge in [0, 0.05) is 11.1 Å². The van der Waals surface area contributed by atoms with Gasteiger partial charge in [-0.25, -0.2) is 0 Å². The number of hydrogen-bond donors (Lipinski definition) is 0. The molecule has 0 N–H and O–H groups in total. The molecule has 0 unspecified atom stereocenters. The van der Waals surface area contributed by atoms with Crippen LogP contribution >= 0.6 is 0 Å². The van der Waals surface area contributed by atoms with Crippen molar-refractivity contribution in [2.75, 3.05) is 0 Å². The molecule has 0 atom stereocenters. The average molecular weight is 530 g/mol. The van der Waals surface area contributed by atoms with Crippen molar-refractivity contribution in [1.29, 1.82) is 5.26 Å². The van der Waals surface area contributed by atoms with Crippen LogP contribution in [0.4, 0.5) is 0 Å². The van der Waals surface area contributed by atoms with Crippen LogP contribution in [0.1, 0.15) is 27.8 Å². The predicted molar refractivity (Wildman–Crippen MR) is 172 cm³/mol. The van der Waals surface area contributed by atoms with Crippen molar-refractivity contribution in [3.8, 4) is 28.3 Å². The fraction of sp³-hybridized carbons (Fsp3) is 0.0789. The van der Waals surface area contributed by atoms with E-state index in [0.29, 0.717) is 23.5 Å². The summed E-state index contributed by atoms with van der Waals surface area (Å²) >= 11 is 0. The highest BCUT2D eigenvalue weighted by atomic mass is 14.8. The third-order valence-corrected chi connectivity index (χ3v) is 7.29. The van der Waals surface area contributed by atoms with Gasteiger partial charge in [0.25, 0.3) is 0 Å². The average Bonchev–Trinajstić information content (AvgIpc) is 3.02. The second-order valence-electron chi connectivity index (χ2n) is 9.88. The largest absolute Gasteiger partial charge is 0.279 e. The van der Waals surface area contributed by atoms with E-state index < -0.39 is 0 Å². The van der Waals surface area contributed by atoms with E-state index in [1.54, 1.807) is 0 Å². The number of allylic oxidation sites excluding steroid dienone is 1. The first-order valence-electron chi connectivity index (χ1n) is 13.6. The maximum absolute atomic E-state index is 10.3. The Bertz CT molecular complexity index is 1770. The number of rotatable bonds is 8. The summed E-state index contributed by atoms with van der Waals surface area (Å²) in [7, 11) is 0. The SMILES string of the molecule is C=N/C(=C(C#N)\C(=N/Cc1ccc(-c2cccc(-c3ccccc3C)c2C)cc1)c1ccccc1)c1ccccc1. The van der Waals surface area contributed by atoms with Crippen LogP contribution in [0.2, 0.25) is 0 Å².